The van der Waals surface area contributed by atoms with Gasteiger partial charge < -0.3 is 19.9 Å². The number of piperidine rings is 1. The van der Waals surface area contributed by atoms with Crippen molar-refractivity contribution < 1.29 is 4.74 Å². The van der Waals surface area contributed by atoms with Crippen LogP contribution in [0.1, 0.15) is 12.8 Å². The molecule has 2 aliphatic rings. The van der Waals surface area contributed by atoms with Gasteiger partial charge in [-0.3, -0.25) is 0 Å². The van der Waals surface area contributed by atoms with Crippen LogP contribution in [-0.4, -0.2) is 57.4 Å². The van der Waals surface area contributed by atoms with Gasteiger partial charge in [0, 0.05) is 30.5 Å². The van der Waals surface area contributed by atoms with E-state index in [-0.39, 0.29) is 0 Å². The third-order valence-corrected chi connectivity index (χ3v) is 4.33. The highest BCUT2D eigenvalue weighted by atomic mass is 16.5. The number of benzene rings is 1. The van der Waals surface area contributed by atoms with Gasteiger partial charge in [-0.25, -0.2) is 0 Å². The molecule has 0 spiro atoms. The van der Waals surface area contributed by atoms with E-state index in [2.05, 4.69) is 46.4 Å². The molecule has 0 amide bonds. The van der Waals surface area contributed by atoms with E-state index >= 15 is 0 Å². The molecular weight excluding hydrogens is 250 g/mol. The Morgan fingerprint density at radius 1 is 1.00 bits per heavy atom. The number of likely N-dealkylation sites (tertiary alicyclic amines) is 1. The lowest BCUT2D eigenvalue weighted by Crippen LogP contribution is -2.37. The first-order chi connectivity index (χ1) is 9.81. The predicted octanol–water partition coefficient (Wildman–Crippen LogP) is 2.03. The second-order valence-electron chi connectivity index (χ2n) is 5.87. The first-order valence-electron chi connectivity index (χ1n) is 7.69. The van der Waals surface area contributed by atoms with Gasteiger partial charge in [0.1, 0.15) is 0 Å². The molecule has 2 fully saturated rings. The molecule has 1 aromatic rings. The molecule has 0 aliphatic carbocycles. The molecule has 0 unspecified atom stereocenters. The number of anilines is 2. The minimum atomic E-state index is 0.625. The summed E-state index contributed by atoms with van der Waals surface area (Å²) in [4.78, 5) is 4.79. The van der Waals surface area contributed by atoms with Gasteiger partial charge in [0.2, 0.25) is 0 Å². The molecule has 0 aromatic heterocycles. The van der Waals surface area contributed by atoms with Crippen molar-refractivity contribution in [1.29, 1.82) is 0 Å². The Kier molecular flexibility index (Phi) is 4.43. The highest BCUT2D eigenvalue weighted by Gasteiger charge is 2.16. The minimum absolute atomic E-state index is 0.625. The van der Waals surface area contributed by atoms with E-state index in [1.165, 1.54) is 37.3 Å². The second kappa shape index (κ2) is 6.46. The standard InChI is InChI=1S/C16H25N3O/c1-18-8-6-15(7-9-18)17-14-2-4-16(5-3-14)19-10-12-20-13-11-19/h2-5,15,17H,6-13H2,1H3. The summed E-state index contributed by atoms with van der Waals surface area (Å²) >= 11 is 0. The maximum Gasteiger partial charge on any atom is 0.0642 e. The van der Waals surface area contributed by atoms with Gasteiger partial charge in [-0.05, 0) is 57.2 Å². The molecule has 4 nitrogen and oxygen atoms in total. The number of ether oxygens (including phenoxy) is 1. The summed E-state index contributed by atoms with van der Waals surface area (Å²) in [5, 5.41) is 3.66. The molecule has 110 valence electrons. The van der Waals surface area contributed by atoms with Gasteiger partial charge in [0.15, 0.2) is 0 Å². The van der Waals surface area contributed by atoms with E-state index in [0.717, 1.165) is 26.3 Å². The Balaban J connectivity index is 1.55. The van der Waals surface area contributed by atoms with Crippen LogP contribution in [0.2, 0.25) is 0 Å². The highest BCUT2D eigenvalue weighted by Crippen LogP contribution is 2.21. The third kappa shape index (κ3) is 3.44. The molecule has 0 radical (unpaired) electrons. The fourth-order valence-electron chi connectivity index (χ4n) is 2.98. The van der Waals surface area contributed by atoms with Crippen molar-refractivity contribution in [3.8, 4) is 0 Å². The lowest BCUT2D eigenvalue weighted by atomic mass is 10.1. The van der Waals surface area contributed by atoms with E-state index < -0.39 is 0 Å². The predicted molar refractivity (Wildman–Crippen MR) is 83.6 cm³/mol. The zero-order chi connectivity index (χ0) is 13.8. The average Bonchev–Trinajstić information content (AvgIpc) is 2.51. The van der Waals surface area contributed by atoms with E-state index in [1.807, 2.05) is 0 Å². The normalized spacial score (nSPS) is 21.9. The van der Waals surface area contributed by atoms with Crippen molar-refractivity contribution >= 4 is 11.4 Å². The van der Waals surface area contributed by atoms with E-state index in [0.29, 0.717) is 6.04 Å². The topological polar surface area (TPSA) is 27.7 Å². The van der Waals surface area contributed by atoms with Gasteiger partial charge >= 0.3 is 0 Å². The van der Waals surface area contributed by atoms with Crippen LogP contribution in [0.3, 0.4) is 0 Å². The van der Waals surface area contributed by atoms with Crippen molar-refractivity contribution in [3.05, 3.63) is 24.3 Å². The molecular formula is C16H25N3O. The van der Waals surface area contributed by atoms with Crippen LogP contribution in [-0.2, 0) is 4.74 Å². The quantitative estimate of drug-likeness (QED) is 0.913. The molecule has 0 atom stereocenters. The number of hydrogen-bond donors (Lipinski definition) is 1. The number of hydrogen-bond acceptors (Lipinski definition) is 4. The van der Waals surface area contributed by atoms with Crippen molar-refractivity contribution in [2.45, 2.75) is 18.9 Å². The first kappa shape index (κ1) is 13.7. The van der Waals surface area contributed by atoms with Gasteiger partial charge in [-0.2, -0.15) is 0 Å². The molecule has 20 heavy (non-hydrogen) atoms. The minimum Gasteiger partial charge on any atom is -0.382 e. The van der Waals surface area contributed by atoms with Crippen molar-refractivity contribution in [1.82, 2.24) is 4.90 Å². The molecule has 2 aliphatic heterocycles. The van der Waals surface area contributed by atoms with E-state index in [4.69, 9.17) is 4.74 Å². The lowest BCUT2D eigenvalue weighted by molar-refractivity contribution is 0.122. The fourth-order valence-corrected chi connectivity index (χ4v) is 2.98. The van der Waals surface area contributed by atoms with Gasteiger partial charge in [-0.15, -0.1) is 0 Å². The Hall–Kier alpha value is -1.26. The zero-order valence-electron chi connectivity index (χ0n) is 12.3. The summed E-state index contributed by atoms with van der Waals surface area (Å²) in [5.74, 6) is 0. The number of morpholine rings is 1. The van der Waals surface area contributed by atoms with Crippen LogP contribution in [0.15, 0.2) is 24.3 Å². The summed E-state index contributed by atoms with van der Waals surface area (Å²) < 4.78 is 5.40. The molecule has 3 rings (SSSR count). The number of nitrogens with one attached hydrogen (secondary N) is 1. The van der Waals surface area contributed by atoms with Crippen molar-refractivity contribution in [2.24, 2.45) is 0 Å². The molecule has 2 saturated heterocycles. The summed E-state index contributed by atoms with van der Waals surface area (Å²) in [6.45, 7) is 6.09. The van der Waals surface area contributed by atoms with E-state index in [9.17, 15) is 0 Å². The second-order valence-corrected chi connectivity index (χ2v) is 5.87. The zero-order valence-corrected chi connectivity index (χ0v) is 12.3. The third-order valence-electron chi connectivity index (χ3n) is 4.33. The van der Waals surface area contributed by atoms with Gasteiger partial charge in [0.25, 0.3) is 0 Å². The van der Waals surface area contributed by atoms with Gasteiger partial charge in [0.05, 0.1) is 13.2 Å². The van der Waals surface area contributed by atoms with Crippen LogP contribution in [0.25, 0.3) is 0 Å². The van der Waals surface area contributed by atoms with Gasteiger partial charge in [-0.1, -0.05) is 0 Å². The molecule has 4 heteroatoms. The largest absolute Gasteiger partial charge is 0.382 e. The van der Waals surface area contributed by atoms with E-state index in [1.54, 1.807) is 0 Å². The van der Waals surface area contributed by atoms with Crippen LogP contribution in [0, 0.1) is 0 Å². The maximum atomic E-state index is 5.40. The SMILES string of the molecule is CN1CCC(Nc2ccc(N3CCOCC3)cc2)CC1. The fraction of sp³-hybridized carbons (Fsp3) is 0.625. The van der Waals surface area contributed by atoms with Crippen molar-refractivity contribution in [2.75, 3.05) is 56.7 Å². The summed E-state index contributed by atoms with van der Waals surface area (Å²) in [5.41, 5.74) is 2.55. The summed E-state index contributed by atoms with van der Waals surface area (Å²) in [6.07, 6.45) is 2.48. The smallest absolute Gasteiger partial charge is 0.0642 e. The Morgan fingerprint density at radius 3 is 2.30 bits per heavy atom. The summed E-state index contributed by atoms with van der Waals surface area (Å²) in [6, 6.07) is 9.50. The average molecular weight is 275 g/mol. The van der Waals surface area contributed by atoms with Crippen LogP contribution >= 0.6 is 0 Å². The van der Waals surface area contributed by atoms with Crippen LogP contribution in [0.5, 0.6) is 0 Å². The Bertz CT molecular complexity index is 406. The van der Waals surface area contributed by atoms with Crippen molar-refractivity contribution in [3.63, 3.8) is 0 Å². The Labute approximate surface area is 121 Å². The molecule has 1 aromatic carbocycles. The molecule has 1 N–H and O–H groups in total. The number of nitrogens with zero attached hydrogens (tertiary/aromatic N) is 2. The number of rotatable bonds is 3. The molecule has 2 heterocycles. The van der Waals surface area contributed by atoms with Crippen LogP contribution in [0.4, 0.5) is 11.4 Å². The van der Waals surface area contributed by atoms with Crippen LogP contribution < -0.4 is 10.2 Å². The first-order valence-corrected chi connectivity index (χ1v) is 7.69. The maximum absolute atomic E-state index is 5.40. The molecule has 0 bridgehead atoms. The lowest BCUT2D eigenvalue weighted by Gasteiger charge is -2.31. The monoisotopic (exact) mass is 275 g/mol. The Morgan fingerprint density at radius 2 is 1.65 bits per heavy atom. The summed E-state index contributed by atoms with van der Waals surface area (Å²) in [7, 11) is 2.20. The molecule has 0 saturated carbocycles. The highest BCUT2D eigenvalue weighted by molar-refractivity contribution is 5.55.